The van der Waals surface area contributed by atoms with Gasteiger partial charge >= 0.3 is 0 Å². The topological polar surface area (TPSA) is 29.5 Å². The van der Waals surface area contributed by atoms with Crippen LogP contribution >= 0.6 is 27.5 Å². The molecule has 0 saturated heterocycles. The van der Waals surface area contributed by atoms with Gasteiger partial charge in [-0.1, -0.05) is 27.5 Å². The highest BCUT2D eigenvalue weighted by molar-refractivity contribution is 9.10. The monoisotopic (exact) mass is 264 g/mol. The second-order valence-corrected chi connectivity index (χ2v) is 4.06. The summed E-state index contributed by atoms with van der Waals surface area (Å²) in [5.41, 5.74) is 0. The SMILES string of the molecule is C[C@H](O)COc1ccc(Br)cc1Cl. The van der Waals surface area contributed by atoms with Crippen molar-refractivity contribution in [1.82, 2.24) is 0 Å². The van der Waals surface area contributed by atoms with Gasteiger partial charge in [0.25, 0.3) is 0 Å². The molecule has 1 aromatic rings. The van der Waals surface area contributed by atoms with Crippen molar-refractivity contribution in [3.8, 4) is 5.75 Å². The Labute approximate surface area is 90.6 Å². The van der Waals surface area contributed by atoms with Gasteiger partial charge in [0.15, 0.2) is 0 Å². The molecule has 0 radical (unpaired) electrons. The molecule has 0 spiro atoms. The van der Waals surface area contributed by atoms with Crippen LogP contribution in [0.15, 0.2) is 22.7 Å². The molecule has 1 atom stereocenters. The van der Waals surface area contributed by atoms with Gasteiger partial charge in [-0.2, -0.15) is 0 Å². The largest absolute Gasteiger partial charge is 0.489 e. The normalized spacial score (nSPS) is 12.6. The van der Waals surface area contributed by atoms with E-state index in [-0.39, 0.29) is 6.61 Å². The molecule has 13 heavy (non-hydrogen) atoms. The maximum Gasteiger partial charge on any atom is 0.138 e. The molecule has 0 aliphatic heterocycles. The molecule has 0 aromatic heterocycles. The van der Waals surface area contributed by atoms with Gasteiger partial charge in [0.1, 0.15) is 12.4 Å². The molecular weight excluding hydrogens is 255 g/mol. The third-order valence-corrected chi connectivity index (χ3v) is 2.16. The van der Waals surface area contributed by atoms with E-state index >= 15 is 0 Å². The lowest BCUT2D eigenvalue weighted by atomic mass is 10.3. The fourth-order valence-corrected chi connectivity index (χ4v) is 1.53. The number of benzene rings is 1. The molecule has 0 aliphatic carbocycles. The summed E-state index contributed by atoms with van der Waals surface area (Å²) >= 11 is 9.16. The van der Waals surface area contributed by atoms with E-state index in [0.717, 1.165) is 4.47 Å². The number of aliphatic hydroxyl groups excluding tert-OH is 1. The lowest BCUT2D eigenvalue weighted by Crippen LogP contribution is -2.12. The Balaban J connectivity index is 2.67. The highest BCUT2D eigenvalue weighted by Crippen LogP contribution is 2.27. The average molecular weight is 266 g/mol. The second-order valence-electron chi connectivity index (χ2n) is 2.73. The Hall–Kier alpha value is -0.250. The molecular formula is C9H10BrClO2. The van der Waals surface area contributed by atoms with Crippen LogP contribution in [0.2, 0.25) is 5.02 Å². The van der Waals surface area contributed by atoms with Gasteiger partial charge in [0, 0.05) is 4.47 Å². The molecule has 0 amide bonds. The minimum Gasteiger partial charge on any atom is -0.489 e. The van der Waals surface area contributed by atoms with Crippen LogP contribution in [0, 0.1) is 0 Å². The van der Waals surface area contributed by atoms with E-state index in [2.05, 4.69) is 15.9 Å². The molecule has 0 bridgehead atoms. The summed E-state index contributed by atoms with van der Waals surface area (Å²) < 4.78 is 6.15. The van der Waals surface area contributed by atoms with E-state index in [4.69, 9.17) is 21.4 Å². The van der Waals surface area contributed by atoms with Crippen LogP contribution in [0.1, 0.15) is 6.92 Å². The van der Waals surface area contributed by atoms with Crippen molar-refractivity contribution in [3.63, 3.8) is 0 Å². The minimum absolute atomic E-state index is 0.251. The van der Waals surface area contributed by atoms with Gasteiger partial charge in [0.05, 0.1) is 11.1 Å². The summed E-state index contributed by atoms with van der Waals surface area (Å²) in [5, 5.41) is 9.52. The summed E-state index contributed by atoms with van der Waals surface area (Å²) in [5.74, 6) is 0.589. The Morgan fingerprint density at radius 1 is 1.62 bits per heavy atom. The zero-order valence-electron chi connectivity index (χ0n) is 7.13. The molecule has 4 heteroatoms. The van der Waals surface area contributed by atoms with Crippen LogP contribution in [-0.4, -0.2) is 17.8 Å². The molecule has 0 heterocycles. The molecule has 0 saturated carbocycles. The van der Waals surface area contributed by atoms with Crippen LogP contribution in [-0.2, 0) is 0 Å². The van der Waals surface area contributed by atoms with Gasteiger partial charge in [-0.15, -0.1) is 0 Å². The van der Waals surface area contributed by atoms with Crippen molar-refractivity contribution < 1.29 is 9.84 Å². The predicted octanol–water partition coefficient (Wildman–Crippen LogP) is 2.86. The number of halogens is 2. The fourth-order valence-electron chi connectivity index (χ4n) is 0.803. The Bertz CT molecular complexity index is 289. The summed E-state index contributed by atoms with van der Waals surface area (Å²) in [4.78, 5) is 0. The van der Waals surface area contributed by atoms with E-state index in [1.54, 1.807) is 19.1 Å². The lowest BCUT2D eigenvalue weighted by molar-refractivity contribution is 0.123. The van der Waals surface area contributed by atoms with Crippen LogP contribution in [0.25, 0.3) is 0 Å². The van der Waals surface area contributed by atoms with Crippen molar-refractivity contribution in [2.75, 3.05) is 6.61 Å². The van der Waals surface area contributed by atoms with Crippen LogP contribution < -0.4 is 4.74 Å². The lowest BCUT2D eigenvalue weighted by Gasteiger charge is -2.09. The van der Waals surface area contributed by atoms with Crippen LogP contribution in [0.4, 0.5) is 0 Å². The molecule has 1 aromatic carbocycles. The van der Waals surface area contributed by atoms with E-state index in [9.17, 15) is 0 Å². The third-order valence-electron chi connectivity index (χ3n) is 1.37. The van der Waals surface area contributed by atoms with Crippen molar-refractivity contribution in [3.05, 3.63) is 27.7 Å². The first-order valence-corrected chi connectivity index (χ1v) is 5.02. The van der Waals surface area contributed by atoms with Crippen molar-refractivity contribution in [2.45, 2.75) is 13.0 Å². The fraction of sp³-hybridized carbons (Fsp3) is 0.333. The molecule has 1 N–H and O–H groups in total. The molecule has 0 unspecified atom stereocenters. The Morgan fingerprint density at radius 2 is 2.31 bits per heavy atom. The molecule has 2 nitrogen and oxygen atoms in total. The van der Waals surface area contributed by atoms with Crippen LogP contribution in [0.5, 0.6) is 5.75 Å². The maximum absolute atomic E-state index is 8.98. The van der Waals surface area contributed by atoms with Crippen molar-refractivity contribution in [1.29, 1.82) is 0 Å². The predicted molar refractivity (Wildman–Crippen MR) is 56.3 cm³/mol. The Kier molecular flexibility index (Phi) is 4.03. The quantitative estimate of drug-likeness (QED) is 0.911. The first-order chi connectivity index (χ1) is 6.09. The van der Waals surface area contributed by atoms with Crippen LogP contribution in [0.3, 0.4) is 0 Å². The zero-order valence-corrected chi connectivity index (χ0v) is 9.47. The van der Waals surface area contributed by atoms with E-state index in [1.807, 2.05) is 6.07 Å². The minimum atomic E-state index is -0.486. The number of ether oxygens (including phenoxy) is 1. The van der Waals surface area contributed by atoms with E-state index in [0.29, 0.717) is 10.8 Å². The molecule has 1 rings (SSSR count). The summed E-state index contributed by atoms with van der Waals surface area (Å²) in [7, 11) is 0. The third kappa shape index (κ3) is 3.55. The Morgan fingerprint density at radius 3 is 2.85 bits per heavy atom. The molecule has 0 aliphatic rings. The number of rotatable bonds is 3. The summed E-state index contributed by atoms with van der Waals surface area (Å²) in [6, 6.07) is 5.34. The first-order valence-electron chi connectivity index (χ1n) is 3.85. The molecule has 0 fully saturated rings. The summed E-state index contributed by atoms with van der Waals surface area (Å²) in [6.45, 7) is 1.91. The van der Waals surface area contributed by atoms with Gasteiger partial charge in [0.2, 0.25) is 0 Å². The molecule has 72 valence electrons. The highest BCUT2D eigenvalue weighted by atomic mass is 79.9. The van der Waals surface area contributed by atoms with Gasteiger partial charge in [-0.3, -0.25) is 0 Å². The van der Waals surface area contributed by atoms with Crippen molar-refractivity contribution in [2.24, 2.45) is 0 Å². The van der Waals surface area contributed by atoms with E-state index in [1.165, 1.54) is 0 Å². The van der Waals surface area contributed by atoms with Crippen molar-refractivity contribution >= 4 is 27.5 Å². The van der Waals surface area contributed by atoms with E-state index < -0.39 is 6.10 Å². The van der Waals surface area contributed by atoms with Gasteiger partial charge in [-0.05, 0) is 25.1 Å². The average Bonchev–Trinajstić information content (AvgIpc) is 2.02. The smallest absolute Gasteiger partial charge is 0.138 e. The number of aliphatic hydroxyl groups is 1. The highest BCUT2D eigenvalue weighted by Gasteiger charge is 2.03. The standard InChI is InChI=1S/C9H10BrClO2/c1-6(12)5-13-9-3-2-7(10)4-8(9)11/h2-4,6,12H,5H2,1H3/t6-/m0/s1. The number of hydrogen-bond donors (Lipinski definition) is 1. The first kappa shape index (κ1) is 10.8. The maximum atomic E-state index is 8.98. The van der Waals surface area contributed by atoms with Gasteiger partial charge in [-0.25, -0.2) is 0 Å². The van der Waals surface area contributed by atoms with Gasteiger partial charge < -0.3 is 9.84 Å². The second kappa shape index (κ2) is 4.84. The zero-order chi connectivity index (χ0) is 9.84. The summed E-state index contributed by atoms with van der Waals surface area (Å²) in [6.07, 6.45) is -0.486. The number of hydrogen-bond acceptors (Lipinski definition) is 2.